The van der Waals surface area contributed by atoms with Gasteiger partial charge in [0.2, 0.25) is 0 Å². The normalized spacial score (nSPS) is 11.3. The molecule has 0 heterocycles. The molecule has 0 saturated heterocycles. The molecule has 0 fully saturated rings. The third-order valence-electron chi connectivity index (χ3n) is 3.69. The number of carbonyl (C=O) groups is 2. The molecule has 0 unspecified atom stereocenters. The average Bonchev–Trinajstić information content (AvgIpc) is 2.68. The van der Waals surface area contributed by atoms with Crippen LogP contribution in [0.25, 0.3) is 0 Å². The number of hydrogen-bond acceptors (Lipinski definition) is 6. The van der Waals surface area contributed by atoms with Crippen molar-refractivity contribution in [1.82, 2.24) is 0 Å². The number of rotatable bonds is 8. The summed E-state index contributed by atoms with van der Waals surface area (Å²) in [5.41, 5.74) is 0.811. The van der Waals surface area contributed by atoms with Crippen LogP contribution in [0.15, 0.2) is 42.5 Å². The van der Waals surface area contributed by atoms with E-state index in [-0.39, 0.29) is 5.56 Å². The number of ether oxygens (including phenoxy) is 4. The van der Waals surface area contributed by atoms with Crippen molar-refractivity contribution in [2.45, 2.75) is 20.0 Å². The Morgan fingerprint density at radius 1 is 1.04 bits per heavy atom. The molecule has 2 aromatic carbocycles. The summed E-state index contributed by atoms with van der Waals surface area (Å²) in [4.78, 5) is 24.6. The number of benzene rings is 2. The lowest BCUT2D eigenvalue weighted by Crippen LogP contribution is -2.30. The van der Waals surface area contributed by atoms with Gasteiger partial charge >= 0.3 is 5.97 Å². The molecule has 0 aliphatic rings. The van der Waals surface area contributed by atoms with Crippen LogP contribution >= 0.6 is 0 Å². The van der Waals surface area contributed by atoms with Crippen molar-refractivity contribution in [2.24, 2.45) is 0 Å². The number of amides is 1. The molecule has 0 aromatic heterocycles. The van der Waals surface area contributed by atoms with Gasteiger partial charge in [0.05, 0.1) is 26.4 Å². The second-order valence-electron chi connectivity index (χ2n) is 5.57. The van der Waals surface area contributed by atoms with Gasteiger partial charge in [-0.3, -0.25) is 4.79 Å². The van der Waals surface area contributed by atoms with E-state index in [1.165, 1.54) is 27.2 Å². The molecule has 1 N–H and O–H groups in total. The molecule has 2 rings (SSSR count). The van der Waals surface area contributed by atoms with E-state index in [9.17, 15) is 9.59 Å². The van der Waals surface area contributed by atoms with Gasteiger partial charge in [-0.25, -0.2) is 4.79 Å². The molecule has 0 spiro atoms. The van der Waals surface area contributed by atoms with E-state index in [4.69, 9.17) is 18.9 Å². The lowest BCUT2D eigenvalue weighted by molar-refractivity contribution is -0.123. The van der Waals surface area contributed by atoms with Crippen LogP contribution in [0.1, 0.15) is 24.2 Å². The summed E-state index contributed by atoms with van der Waals surface area (Å²) in [5.74, 6) is 0.473. The van der Waals surface area contributed by atoms with Gasteiger partial charge in [0, 0.05) is 11.8 Å². The fraction of sp³-hybridized carbons (Fsp3) is 0.300. The first-order chi connectivity index (χ1) is 13.0. The molecule has 7 heteroatoms. The zero-order chi connectivity index (χ0) is 19.8. The summed E-state index contributed by atoms with van der Waals surface area (Å²) in [6, 6.07) is 11.6. The molecule has 1 atom stereocenters. The Hall–Kier alpha value is -3.22. The Balaban J connectivity index is 2.03. The van der Waals surface area contributed by atoms with Crippen LogP contribution in [-0.4, -0.2) is 38.8 Å². The SMILES string of the molecule is CCOc1cc(C(=O)O[C@H](C)C(=O)Nc2cccc(OC)c2)ccc1OC. The van der Waals surface area contributed by atoms with E-state index in [2.05, 4.69) is 5.32 Å². The summed E-state index contributed by atoms with van der Waals surface area (Å²) in [7, 11) is 3.05. The number of esters is 1. The number of hydrogen-bond donors (Lipinski definition) is 1. The van der Waals surface area contributed by atoms with Crippen LogP contribution in [0.4, 0.5) is 5.69 Å². The smallest absolute Gasteiger partial charge is 0.339 e. The minimum Gasteiger partial charge on any atom is -0.497 e. The van der Waals surface area contributed by atoms with Crippen molar-refractivity contribution >= 4 is 17.6 Å². The maximum Gasteiger partial charge on any atom is 0.339 e. The zero-order valence-corrected chi connectivity index (χ0v) is 15.8. The largest absolute Gasteiger partial charge is 0.497 e. The van der Waals surface area contributed by atoms with Gasteiger partial charge in [0.1, 0.15) is 5.75 Å². The number of nitrogens with one attached hydrogen (secondary N) is 1. The summed E-state index contributed by atoms with van der Waals surface area (Å²) >= 11 is 0. The van der Waals surface area contributed by atoms with Gasteiger partial charge in [-0.15, -0.1) is 0 Å². The molecular weight excluding hydrogens is 350 g/mol. The fourth-order valence-corrected chi connectivity index (χ4v) is 2.30. The molecule has 1 amide bonds. The quantitative estimate of drug-likeness (QED) is 0.715. The second-order valence-corrected chi connectivity index (χ2v) is 5.57. The first kappa shape index (κ1) is 20.1. The Morgan fingerprint density at radius 2 is 1.81 bits per heavy atom. The molecule has 0 aliphatic heterocycles. The first-order valence-corrected chi connectivity index (χ1v) is 8.45. The van der Waals surface area contributed by atoms with Crippen LogP contribution in [0.3, 0.4) is 0 Å². The molecule has 0 radical (unpaired) electrons. The van der Waals surface area contributed by atoms with Crippen molar-refractivity contribution in [3.63, 3.8) is 0 Å². The molecule has 0 bridgehead atoms. The lowest BCUT2D eigenvalue weighted by Gasteiger charge is -2.15. The molecule has 144 valence electrons. The van der Waals surface area contributed by atoms with E-state index >= 15 is 0 Å². The second kappa shape index (κ2) is 9.47. The van der Waals surface area contributed by atoms with Gasteiger partial charge in [-0.1, -0.05) is 6.07 Å². The Bertz CT molecular complexity index is 805. The predicted octanol–water partition coefficient (Wildman–Crippen LogP) is 3.29. The highest BCUT2D eigenvalue weighted by molar-refractivity contribution is 5.97. The van der Waals surface area contributed by atoms with Crippen LogP contribution < -0.4 is 19.5 Å². The molecule has 0 saturated carbocycles. The molecule has 7 nitrogen and oxygen atoms in total. The van der Waals surface area contributed by atoms with Crippen LogP contribution in [0.2, 0.25) is 0 Å². The van der Waals surface area contributed by atoms with Crippen molar-refractivity contribution in [3.8, 4) is 17.2 Å². The maximum atomic E-state index is 12.3. The van der Waals surface area contributed by atoms with Gasteiger partial charge in [0.25, 0.3) is 5.91 Å². The van der Waals surface area contributed by atoms with Gasteiger partial charge in [-0.2, -0.15) is 0 Å². The summed E-state index contributed by atoms with van der Waals surface area (Å²) < 4.78 is 21.0. The summed E-state index contributed by atoms with van der Waals surface area (Å²) in [6.45, 7) is 3.75. The first-order valence-electron chi connectivity index (χ1n) is 8.45. The molecule has 0 aliphatic carbocycles. The average molecular weight is 373 g/mol. The van der Waals surface area contributed by atoms with E-state index in [1.807, 2.05) is 6.92 Å². The third-order valence-corrected chi connectivity index (χ3v) is 3.69. The molecule has 27 heavy (non-hydrogen) atoms. The van der Waals surface area contributed by atoms with Gasteiger partial charge < -0.3 is 24.3 Å². The van der Waals surface area contributed by atoms with E-state index < -0.39 is 18.0 Å². The topological polar surface area (TPSA) is 83.1 Å². The minimum absolute atomic E-state index is 0.264. The van der Waals surface area contributed by atoms with Gasteiger partial charge in [0.15, 0.2) is 17.6 Å². The van der Waals surface area contributed by atoms with E-state index in [1.54, 1.807) is 36.4 Å². The molecular formula is C20H23NO6. The monoisotopic (exact) mass is 373 g/mol. The van der Waals surface area contributed by atoms with Crippen molar-refractivity contribution < 1.29 is 28.5 Å². The van der Waals surface area contributed by atoms with Crippen molar-refractivity contribution in [2.75, 3.05) is 26.1 Å². The van der Waals surface area contributed by atoms with Gasteiger partial charge in [-0.05, 0) is 44.2 Å². The Labute approximate surface area is 158 Å². The van der Waals surface area contributed by atoms with Crippen LogP contribution in [0.5, 0.6) is 17.2 Å². The predicted molar refractivity (Wildman–Crippen MR) is 101 cm³/mol. The summed E-state index contributed by atoms with van der Waals surface area (Å²) in [6.07, 6.45) is -0.985. The highest BCUT2D eigenvalue weighted by atomic mass is 16.5. The summed E-state index contributed by atoms with van der Waals surface area (Å²) in [5, 5.41) is 2.68. The zero-order valence-electron chi connectivity index (χ0n) is 15.8. The highest BCUT2D eigenvalue weighted by Crippen LogP contribution is 2.28. The van der Waals surface area contributed by atoms with Crippen molar-refractivity contribution in [3.05, 3.63) is 48.0 Å². The van der Waals surface area contributed by atoms with E-state index in [0.29, 0.717) is 29.5 Å². The third kappa shape index (κ3) is 5.37. The Morgan fingerprint density at radius 3 is 2.48 bits per heavy atom. The van der Waals surface area contributed by atoms with Crippen LogP contribution in [0, 0.1) is 0 Å². The minimum atomic E-state index is -0.985. The number of carbonyl (C=O) groups excluding carboxylic acids is 2. The standard InChI is InChI=1S/C20H23NO6/c1-5-26-18-11-14(9-10-17(18)25-4)20(23)27-13(2)19(22)21-15-7-6-8-16(12-15)24-3/h6-13H,5H2,1-4H3,(H,21,22)/t13-/m1/s1. The fourth-order valence-electron chi connectivity index (χ4n) is 2.30. The highest BCUT2D eigenvalue weighted by Gasteiger charge is 2.20. The Kier molecular flexibility index (Phi) is 7.05. The lowest BCUT2D eigenvalue weighted by atomic mass is 10.2. The molecule has 2 aromatic rings. The maximum absolute atomic E-state index is 12.3. The van der Waals surface area contributed by atoms with Crippen LogP contribution in [-0.2, 0) is 9.53 Å². The number of anilines is 1. The number of methoxy groups -OCH3 is 2. The van der Waals surface area contributed by atoms with E-state index in [0.717, 1.165) is 0 Å². The van der Waals surface area contributed by atoms with Crippen molar-refractivity contribution in [1.29, 1.82) is 0 Å².